The summed E-state index contributed by atoms with van der Waals surface area (Å²) in [6, 6.07) is 12.6. The third-order valence-corrected chi connectivity index (χ3v) is 8.74. The van der Waals surface area contributed by atoms with Crippen LogP contribution < -0.4 is 4.74 Å². The molecule has 1 fully saturated rings. The first-order chi connectivity index (χ1) is 11.6. The fourth-order valence-corrected chi connectivity index (χ4v) is 6.22. The molecule has 3 rings (SSSR count). The zero-order valence-electron chi connectivity index (χ0n) is 14.2. The number of hydrogen-bond donors (Lipinski definition) is 0. The van der Waals surface area contributed by atoms with Gasteiger partial charge < -0.3 is 4.74 Å². The second-order valence-electron chi connectivity index (χ2n) is 6.15. The van der Waals surface area contributed by atoms with Gasteiger partial charge in [0.05, 0.1) is 5.75 Å². The molecule has 0 bridgehead atoms. The first-order valence-corrected chi connectivity index (χ1v) is 12.0. The van der Waals surface area contributed by atoms with E-state index in [1.807, 2.05) is 12.1 Å². The summed E-state index contributed by atoms with van der Waals surface area (Å²) in [6.07, 6.45) is 4.00. The van der Waals surface area contributed by atoms with E-state index < -0.39 is 9.84 Å². The summed E-state index contributed by atoms with van der Waals surface area (Å²) >= 11 is 0. The molecule has 0 aromatic heterocycles. The lowest BCUT2D eigenvalue weighted by Crippen LogP contribution is -2.18. The fourth-order valence-electron chi connectivity index (χ4n) is 3.10. The molecule has 0 unspecified atom stereocenters. The standard InChI is InChI=1S/C19H25O3S2/c1-2-24(20,21)15-12-22-18-10-11-19(23-13-6-3-7-14-23)17-9-5-4-8-16(17)18/h4-5,8-11H,2-3,6-7,12-15H2,1H3/q+1. The van der Waals surface area contributed by atoms with Gasteiger partial charge in [0.25, 0.3) is 0 Å². The summed E-state index contributed by atoms with van der Waals surface area (Å²) in [7, 11) is -2.66. The minimum absolute atomic E-state index is 0.0734. The normalized spacial score (nSPS) is 16.4. The maximum Gasteiger partial charge on any atom is 0.162 e. The molecule has 0 spiro atoms. The zero-order chi connectivity index (χ0) is 17.0. The van der Waals surface area contributed by atoms with Crippen molar-refractivity contribution in [1.29, 1.82) is 0 Å². The van der Waals surface area contributed by atoms with Crippen molar-refractivity contribution in [2.75, 3.05) is 29.6 Å². The van der Waals surface area contributed by atoms with E-state index in [1.54, 1.807) is 6.92 Å². The van der Waals surface area contributed by atoms with Crippen molar-refractivity contribution in [2.24, 2.45) is 0 Å². The highest BCUT2D eigenvalue weighted by Gasteiger charge is 2.27. The summed E-state index contributed by atoms with van der Waals surface area (Å²) in [5.74, 6) is 3.61. The molecule has 0 N–H and O–H groups in total. The van der Waals surface area contributed by atoms with Crippen LogP contribution in [0.1, 0.15) is 26.2 Å². The van der Waals surface area contributed by atoms with Gasteiger partial charge in [0.1, 0.15) is 23.9 Å². The molecule has 1 saturated heterocycles. The van der Waals surface area contributed by atoms with Gasteiger partial charge in [-0.05, 0) is 37.5 Å². The van der Waals surface area contributed by atoms with Crippen molar-refractivity contribution < 1.29 is 13.2 Å². The van der Waals surface area contributed by atoms with Gasteiger partial charge in [-0.3, -0.25) is 0 Å². The molecule has 5 heteroatoms. The quantitative estimate of drug-likeness (QED) is 0.731. The lowest BCUT2D eigenvalue weighted by atomic mass is 10.1. The van der Waals surface area contributed by atoms with Crippen LogP contribution in [0.2, 0.25) is 0 Å². The topological polar surface area (TPSA) is 43.4 Å². The molecule has 1 aliphatic heterocycles. The second kappa shape index (κ2) is 7.79. The summed E-state index contributed by atoms with van der Waals surface area (Å²) in [6.45, 7) is 1.88. The summed E-state index contributed by atoms with van der Waals surface area (Å²) in [5.41, 5.74) is 0. The van der Waals surface area contributed by atoms with E-state index in [4.69, 9.17) is 4.74 Å². The maximum absolute atomic E-state index is 11.6. The number of ether oxygens (including phenoxy) is 1. The molecule has 1 aliphatic rings. The molecular formula is C19H25O3S2+. The van der Waals surface area contributed by atoms with Gasteiger partial charge in [-0.15, -0.1) is 0 Å². The largest absolute Gasteiger partial charge is 0.492 e. The Morgan fingerprint density at radius 1 is 1.00 bits per heavy atom. The Balaban J connectivity index is 1.85. The Bertz CT molecular complexity index is 793. The highest BCUT2D eigenvalue weighted by molar-refractivity contribution is 7.97. The molecule has 0 amide bonds. The summed E-state index contributed by atoms with van der Waals surface area (Å²) in [4.78, 5) is 1.44. The van der Waals surface area contributed by atoms with E-state index in [1.165, 1.54) is 41.0 Å². The minimum atomic E-state index is -2.99. The predicted octanol–water partition coefficient (Wildman–Crippen LogP) is 3.81. The van der Waals surface area contributed by atoms with E-state index in [0.29, 0.717) is 10.9 Å². The molecular weight excluding hydrogens is 340 g/mol. The van der Waals surface area contributed by atoms with E-state index in [-0.39, 0.29) is 18.1 Å². The van der Waals surface area contributed by atoms with Crippen LogP contribution in [-0.4, -0.2) is 38.0 Å². The molecule has 0 radical (unpaired) electrons. The van der Waals surface area contributed by atoms with Crippen LogP contribution in [-0.2, 0) is 20.7 Å². The number of rotatable bonds is 6. The molecule has 2 aromatic rings. The Morgan fingerprint density at radius 2 is 1.71 bits per heavy atom. The van der Waals surface area contributed by atoms with Gasteiger partial charge in [-0.1, -0.05) is 25.1 Å². The van der Waals surface area contributed by atoms with E-state index in [2.05, 4.69) is 24.3 Å². The van der Waals surface area contributed by atoms with Crippen LogP contribution in [0.5, 0.6) is 5.75 Å². The summed E-state index contributed by atoms with van der Waals surface area (Å²) < 4.78 is 29.1. The van der Waals surface area contributed by atoms with E-state index in [0.717, 1.165) is 11.1 Å². The van der Waals surface area contributed by atoms with Crippen LogP contribution >= 0.6 is 0 Å². The summed E-state index contributed by atoms with van der Waals surface area (Å²) in [5, 5.41) is 2.36. The van der Waals surface area contributed by atoms with Crippen LogP contribution in [0.4, 0.5) is 0 Å². The fraction of sp³-hybridized carbons (Fsp3) is 0.474. The van der Waals surface area contributed by atoms with Crippen molar-refractivity contribution in [3.05, 3.63) is 36.4 Å². The first-order valence-electron chi connectivity index (χ1n) is 8.63. The molecule has 24 heavy (non-hydrogen) atoms. The smallest absolute Gasteiger partial charge is 0.162 e. The lowest BCUT2D eigenvalue weighted by molar-refractivity contribution is 0.345. The maximum atomic E-state index is 11.6. The van der Waals surface area contributed by atoms with Gasteiger partial charge in [0.15, 0.2) is 14.7 Å². The van der Waals surface area contributed by atoms with Gasteiger partial charge in [0, 0.05) is 27.4 Å². The SMILES string of the molecule is CCS(=O)(=O)CCOc1ccc([S+]2CCCCC2)c2ccccc12. The van der Waals surface area contributed by atoms with Crippen molar-refractivity contribution in [3.63, 3.8) is 0 Å². The third-order valence-electron chi connectivity index (χ3n) is 4.53. The average Bonchev–Trinajstić information content (AvgIpc) is 2.62. The minimum Gasteiger partial charge on any atom is -0.492 e. The number of benzene rings is 2. The van der Waals surface area contributed by atoms with Gasteiger partial charge in [0.2, 0.25) is 0 Å². The van der Waals surface area contributed by atoms with Crippen molar-refractivity contribution in [2.45, 2.75) is 31.1 Å². The second-order valence-corrected chi connectivity index (χ2v) is 10.9. The molecule has 2 aromatic carbocycles. The zero-order valence-corrected chi connectivity index (χ0v) is 15.8. The van der Waals surface area contributed by atoms with Crippen LogP contribution in [0.3, 0.4) is 0 Å². The van der Waals surface area contributed by atoms with Crippen molar-refractivity contribution in [1.82, 2.24) is 0 Å². The third kappa shape index (κ3) is 4.06. The molecule has 1 heterocycles. The molecule has 0 aliphatic carbocycles. The Kier molecular flexibility index (Phi) is 5.72. The molecule has 0 atom stereocenters. The van der Waals surface area contributed by atoms with Crippen molar-refractivity contribution in [3.8, 4) is 5.75 Å². The van der Waals surface area contributed by atoms with Gasteiger partial charge in [-0.2, -0.15) is 0 Å². The molecule has 0 saturated carbocycles. The van der Waals surface area contributed by atoms with Crippen LogP contribution in [0, 0.1) is 0 Å². The first kappa shape index (κ1) is 17.6. The van der Waals surface area contributed by atoms with E-state index in [9.17, 15) is 8.42 Å². The Hall–Kier alpha value is -1.20. The highest BCUT2D eigenvalue weighted by atomic mass is 32.2. The van der Waals surface area contributed by atoms with Crippen molar-refractivity contribution >= 4 is 31.5 Å². The molecule has 130 valence electrons. The number of fused-ring (bicyclic) bond motifs is 1. The predicted molar refractivity (Wildman–Crippen MR) is 103 cm³/mol. The van der Waals surface area contributed by atoms with Crippen LogP contribution in [0.25, 0.3) is 10.8 Å². The average molecular weight is 366 g/mol. The Morgan fingerprint density at radius 3 is 2.42 bits per heavy atom. The molecule has 3 nitrogen and oxygen atoms in total. The number of sulfone groups is 1. The van der Waals surface area contributed by atoms with Crippen LogP contribution in [0.15, 0.2) is 41.3 Å². The number of hydrogen-bond acceptors (Lipinski definition) is 3. The van der Waals surface area contributed by atoms with Gasteiger partial charge >= 0.3 is 0 Å². The highest BCUT2D eigenvalue weighted by Crippen LogP contribution is 2.34. The monoisotopic (exact) mass is 365 g/mol. The lowest BCUT2D eigenvalue weighted by Gasteiger charge is -2.16. The van der Waals surface area contributed by atoms with Gasteiger partial charge in [-0.25, -0.2) is 8.42 Å². The Labute approximate surface area is 147 Å². The van der Waals surface area contributed by atoms with E-state index >= 15 is 0 Å².